The molecule has 0 saturated carbocycles. The summed E-state index contributed by atoms with van der Waals surface area (Å²) in [5.41, 5.74) is 2.20. The number of rotatable bonds is 6. The molecule has 1 aromatic heterocycles. The standard InChI is InChI=1S/C19H19NO5S/c1-22-12-5-6-13(15(21)9-12)14-10-18(26-20-14)11-7-16(23-2)19(25-4)17(8-11)24-3/h5-10,21H,1-4H3. The number of hydrogen-bond donors (Lipinski definition) is 1. The van der Waals surface area contributed by atoms with Gasteiger partial charge in [-0.15, -0.1) is 0 Å². The van der Waals surface area contributed by atoms with Crippen molar-refractivity contribution in [3.63, 3.8) is 0 Å². The number of phenolic OH excluding ortho intramolecular Hbond substituents is 1. The minimum Gasteiger partial charge on any atom is -0.507 e. The Kier molecular flexibility index (Phi) is 5.18. The third kappa shape index (κ3) is 3.25. The molecule has 1 N–H and O–H groups in total. The molecule has 2 aromatic carbocycles. The van der Waals surface area contributed by atoms with Crippen LogP contribution in [-0.2, 0) is 0 Å². The first-order valence-electron chi connectivity index (χ1n) is 7.75. The van der Waals surface area contributed by atoms with Gasteiger partial charge in [0.05, 0.1) is 39.0 Å². The Labute approximate surface area is 155 Å². The van der Waals surface area contributed by atoms with Crippen molar-refractivity contribution in [2.75, 3.05) is 28.4 Å². The highest BCUT2D eigenvalue weighted by Crippen LogP contribution is 2.43. The van der Waals surface area contributed by atoms with Gasteiger partial charge in [-0.2, -0.15) is 4.37 Å². The smallest absolute Gasteiger partial charge is 0.203 e. The molecule has 7 heteroatoms. The number of benzene rings is 2. The summed E-state index contributed by atoms with van der Waals surface area (Å²) < 4.78 is 25.7. The predicted octanol–water partition coefficient (Wildman–Crippen LogP) is 4.22. The normalized spacial score (nSPS) is 10.5. The fourth-order valence-electron chi connectivity index (χ4n) is 2.62. The molecule has 136 valence electrons. The summed E-state index contributed by atoms with van der Waals surface area (Å²) in [7, 11) is 6.28. The van der Waals surface area contributed by atoms with Crippen molar-refractivity contribution in [2.45, 2.75) is 0 Å². The number of phenols is 1. The van der Waals surface area contributed by atoms with Crippen LogP contribution in [0.1, 0.15) is 0 Å². The average Bonchev–Trinajstić information content (AvgIpc) is 3.16. The monoisotopic (exact) mass is 373 g/mol. The van der Waals surface area contributed by atoms with E-state index in [1.807, 2.05) is 18.2 Å². The maximum atomic E-state index is 10.2. The zero-order valence-corrected chi connectivity index (χ0v) is 15.7. The number of nitrogens with zero attached hydrogens (tertiary/aromatic N) is 1. The van der Waals surface area contributed by atoms with Gasteiger partial charge in [0.1, 0.15) is 11.5 Å². The molecule has 6 nitrogen and oxygen atoms in total. The van der Waals surface area contributed by atoms with E-state index in [0.29, 0.717) is 34.3 Å². The van der Waals surface area contributed by atoms with E-state index in [2.05, 4.69) is 4.37 Å². The third-order valence-corrected chi connectivity index (χ3v) is 4.78. The van der Waals surface area contributed by atoms with Gasteiger partial charge in [-0.25, -0.2) is 0 Å². The van der Waals surface area contributed by atoms with Gasteiger partial charge in [0.25, 0.3) is 0 Å². The van der Waals surface area contributed by atoms with Crippen LogP contribution in [0.3, 0.4) is 0 Å². The molecule has 0 atom stereocenters. The second-order valence-electron chi connectivity index (χ2n) is 5.37. The van der Waals surface area contributed by atoms with Crippen LogP contribution >= 0.6 is 11.5 Å². The van der Waals surface area contributed by atoms with Crippen molar-refractivity contribution >= 4 is 11.5 Å². The van der Waals surface area contributed by atoms with Crippen molar-refractivity contribution in [3.8, 4) is 50.4 Å². The molecule has 0 aliphatic heterocycles. The van der Waals surface area contributed by atoms with E-state index in [4.69, 9.17) is 18.9 Å². The average molecular weight is 373 g/mol. The summed E-state index contributed by atoms with van der Waals surface area (Å²) in [6.45, 7) is 0. The van der Waals surface area contributed by atoms with Gasteiger partial charge in [0.15, 0.2) is 11.5 Å². The molecule has 0 aliphatic carbocycles. The molecule has 0 fully saturated rings. The van der Waals surface area contributed by atoms with Gasteiger partial charge in [-0.3, -0.25) is 0 Å². The fraction of sp³-hybridized carbons (Fsp3) is 0.211. The van der Waals surface area contributed by atoms with Gasteiger partial charge >= 0.3 is 0 Å². The van der Waals surface area contributed by atoms with Gasteiger partial charge in [-0.1, -0.05) is 0 Å². The predicted molar refractivity (Wildman–Crippen MR) is 101 cm³/mol. The lowest BCUT2D eigenvalue weighted by atomic mass is 10.1. The van der Waals surface area contributed by atoms with Crippen LogP contribution in [0.2, 0.25) is 0 Å². The first-order valence-corrected chi connectivity index (χ1v) is 8.53. The van der Waals surface area contributed by atoms with Crippen LogP contribution in [0.15, 0.2) is 36.4 Å². The largest absolute Gasteiger partial charge is 0.507 e. The Morgan fingerprint density at radius 1 is 0.846 bits per heavy atom. The van der Waals surface area contributed by atoms with E-state index in [-0.39, 0.29) is 5.75 Å². The number of aromatic nitrogens is 1. The van der Waals surface area contributed by atoms with Crippen molar-refractivity contribution in [2.24, 2.45) is 0 Å². The van der Waals surface area contributed by atoms with E-state index in [9.17, 15) is 5.11 Å². The van der Waals surface area contributed by atoms with Crippen LogP contribution in [-0.4, -0.2) is 37.9 Å². The fourth-order valence-corrected chi connectivity index (χ4v) is 3.35. The quantitative estimate of drug-likeness (QED) is 0.698. The van der Waals surface area contributed by atoms with E-state index in [1.165, 1.54) is 11.5 Å². The molecule has 0 bridgehead atoms. The van der Waals surface area contributed by atoms with E-state index >= 15 is 0 Å². The molecule has 3 rings (SSSR count). The van der Waals surface area contributed by atoms with Crippen molar-refractivity contribution in [3.05, 3.63) is 36.4 Å². The van der Waals surface area contributed by atoms with Crippen LogP contribution < -0.4 is 18.9 Å². The lowest BCUT2D eigenvalue weighted by Gasteiger charge is -2.13. The summed E-state index contributed by atoms with van der Waals surface area (Å²) in [4.78, 5) is 0.912. The third-order valence-electron chi connectivity index (χ3n) is 3.94. The SMILES string of the molecule is COc1ccc(-c2cc(-c3cc(OC)c(OC)c(OC)c3)sn2)c(O)c1. The Balaban J connectivity index is 2.02. The van der Waals surface area contributed by atoms with E-state index in [1.54, 1.807) is 46.6 Å². The van der Waals surface area contributed by atoms with Gasteiger partial charge in [0, 0.05) is 17.2 Å². The second kappa shape index (κ2) is 7.53. The topological polar surface area (TPSA) is 70.0 Å². The Hall–Kier alpha value is -2.93. The maximum absolute atomic E-state index is 10.2. The van der Waals surface area contributed by atoms with Gasteiger partial charge in [-0.05, 0) is 41.9 Å². The molecule has 0 unspecified atom stereocenters. The van der Waals surface area contributed by atoms with Crippen molar-refractivity contribution in [1.82, 2.24) is 4.37 Å². The first kappa shape index (κ1) is 17.9. The zero-order chi connectivity index (χ0) is 18.7. The maximum Gasteiger partial charge on any atom is 0.203 e. The highest BCUT2D eigenvalue weighted by Gasteiger charge is 2.17. The Morgan fingerprint density at radius 2 is 1.54 bits per heavy atom. The molecule has 0 spiro atoms. The Morgan fingerprint density at radius 3 is 2.08 bits per heavy atom. The van der Waals surface area contributed by atoms with Crippen LogP contribution in [0.5, 0.6) is 28.7 Å². The molecule has 0 amide bonds. The summed E-state index contributed by atoms with van der Waals surface area (Å²) in [5, 5.41) is 10.2. The minimum absolute atomic E-state index is 0.117. The number of ether oxygens (including phenoxy) is 4. The molecule has 1 heterocycles. The number of hydrogen-bond acceptors (Lipinski definition) is 7. The molecule has 0 radical (unpaired) electrons. The molecule has 0 aliphatic rings. The van der Waals surface area contributed by atoms with Crippen LogP contribution in [0, 0.1) is 0 Å². The summed E-state index contributed by atoms with van der Waals surface area (Å²) >= 11 is 1.32. The zero-order valence-electron chi connectivity index (χ0n) is 14.9. The lowest BCUT2D eigenvalue weighted by Crippen LogP contribution is -1.95. The highest BCUT2D eigenvalue weighted by molar-refractivity contribution is 7.09. The second-order valence-corrected chi connectivity index (χ2v) is 6.18. The van der Waals surface area contributed by atoms with Crippen molar-refractivity contribution in [1.29, 1.82) is 0 Å². The van der Waals surface area contributed by atoms with Crippen LogP contribution in [0.4, 0.5) is 0 Å². The summed E-state index contributed by atoms with van der Waals surface area (Å²) in [6, 6.07) is 10.8. The van der Waals surface area contributed by atoms with Crippen LogP contribution in [0.25, 0.3) is 21.7 Å². The first-order chi connectivity index (χ1) is 12.6. The summed E-state index contributed by atoms with van der Waals surface area (Å²) in [5.74, 6) is 2.39. The number of methoxy groups -OCH3 is 4. The van der Waals surface area contributed by atoms with Gasteiger partial charge in [0.2, 0.25) is 5.75 Å². The van der Waals surface area contributed by atoms with Crippen molar-refractivity contribution < 1.29 is 24.1 Å². The lowest BCUT2D eigenvalue weighted by molar-refractivity contribution is 0.324. The molecule has 3 aromatic rings. The van der Waals surface area contributed by atoms with E-state index < -0.39 is 0 Å². The molecular weight excluding hydrogens is 354 g/mol. The molecular formula is C19H19NO5S. The summed E-state index contributed by atoms with van der Waals surface area (Å²) in [6.07, 6.45) is 0. The highest BCUT2D eigenvalue weighted by atomic mass is 32.1. The molecule has 0 saturated heterocycles. The Bertz CT molecular complexity index is 897. The molecule has 26 heavy (non-hydrogen) atoms. The number of aromatic hydroxyl groups is 1. The minimum atomic E-state index is 0.117. The van der Waals surface area contributed by atoms with Gasteiger partial charge < -0.3 is 24.1 Å². The van der Waals surface area contributed by atoms with E-state index in [0.717, 1.165) is 10.4 Å².